The second-order valence-corrected chi connectivity index (χ2v) is 4.40. The molecule has 0 aliphatic heterocycles. The highest BCUT2D eigenvalue weighted by Gasteiger charge is 2.15. The first-order valence-electron chi connectivity index (χ1n) is 6.06. The molecule has 0 spiro atoms. The van der Waals surface area contributed by atoms with Crippen LogP contribution in [0.1, 0.15) is 28.6 Å². The fraction of sp³-hybridized carbons (Fsp3) is 0.357. The number of hydrogen-bond acceptors (Lipinski definition) is 5. The molecule has 0 saturated carbocycles. The van der Waals surface area contributed by atoms with Gasteiger partial charge in [-0.25, -0.2) is 0 Å². The van der Waals surface area contributed by atoms with Crippen LogP contribution >= 0.6 is 0 Å². The lowest BCUT2D eigenvalue weighted by Gasteiger charge is -2.14. The first kappa shape index (κ1) is 13.4. The molecule has 19 heavy (non-hydrogen) atoms. The number of aliphatic hydroxyl groups excluding tert-OH is 1. The molecule has 0 bridgehead atoms. The minimum absolute atomic E-state index is 0.390. The van der Waals surface area contributed by atoms with Crippen LogP contribution in [0.5, 0.6) is 5.75 Å². The summed E-state index contributed by atoms with van der Waals surface area (Å²) in [6.45, 7) is 3.89. The van der Waals surface area contributed by atoms with Gasteiger partial charge >= 0.3 is 0 Å². The predicted octanol–water partition coefficient (Wildman–Crippen LogP) is 1.77. The lowest BCUT2D eigenvalue weighted by Crippen LogP contribution is -2.08. The third-order valence-electron chi connectivity index (χ3n) is 3.06. The lowest BCUT2D eigenvalue weighted by atomic mass is 10.0. The zero-order chi connectivity index (χ0) is 13.8. The molecule has 2 rings (SSSR count). The Bertz CT molecular complexity index is 558. The van der Waals surface area contributed by atoms with Gasteiger partial charge in [-0.05, 0) is 13.8 Å². The van der Waals surface area contributed by atoms with E-state index in [-0.39, 0.29) is 0 Å². The van der Waals surface area contributed by atoms with Crippen LogP contribution in [0, 0.1) is 13.8 Å². The van der Waals surface area contributed by atoms with Crippen LogP contribution in [0.25, 0.3) is 0 Å². The number of rotatable bonds is 4. The molecule has 1 unspecified atom stereocenters. The Labute approximate surface area is 112 Å². The predicted molar refractivity (Wildman–Crippen MR) is 71.0 cm³/mol. The van der Waals surface area contributed by atoms with E-state index in [1.165, 1.54) is 0 Å². The molecule has 5 heteroatoms. The highest BCUT2D eigenvalue weighted by Crippen LogP contribution is 2.26. The van der Waals surface area contributed by atoms with Gasteiger partial charge in [0.1, 0.15) is 11.9 Å². The fourth-order valence-electron chi connectivity index (χ4n) is 2.05. The summed E-state index contributed by atoms with van der Waals surface area (Å²) in [5.74, 6) is 0.816. The molecule has 1 N–H and O–H groups in total. The summed E-state index contributed by atoms with van der Waals surface area (Å²) < 4.78 is 5.35. The van der Waals surface area contributed by atoms with Crippen molar-refractivity contribution >= 4 is 0 Å². The molecule has 0 aromatic carbocycles. The summed E-state index contributed by atoms with van der Waals surface area (Å²) in [7, 11) is 1.64. The molecule has 0 aliphatic carbocycles. The molecule has 2 aromatic heterocycles. The van der Waals surface area contributed by atoms with Crippen molar-refractivity contribution in [2.24, 2.45) is 0 Å². The average Bonchev–Trinajstić information content (AvgIpc) is 2.43. The van der Waals surface area contributed by atoms with Crippen molar-refractivity contribution in [1.82, 2.24) is 15.0 Å². The van der Waals surface area contributed by atoms with E-state index in [0.717, 1.165) is 22.6 Å². The van der Waals surface area contributed by atoms with Crippen molar-refractivity contribution in [3.63, 3.8) is 0 Å². The summed E-state index contributed by atoms with van der Waals surface area (Å²) in [5.41, 5.74) is 3.28. The van der Waals surface area contributed by atoms with Crippen LogP contribution < -0.4 is 4.74 Å². The highest BCUT2D eigenvalue weighted by atomic mass is 16.5. The Morgan fingerprint density at radius 2 is 2.00 bits per heavy atom. The van der Waals surface area contributed by atoms with E-state index in [9.17, 15) is 5.11 Å². The van der Waals surface area contributed by atoms with Gasteiger partial charge in [0.25, 0.3) is 0 Å². The van der Waals surface area contributed by atoms with Gasteiger partial charge in [0.2, 0.25) is 0 Å². The normalized spacial score (nSPS) is 12.2. The number of methoxy groups -OCH3 is 1. The molecule has 0 aliphatic rings. The van der Waals surface area contributed by atoms with Crippen molar-refractivity contribution in [3.05, 3.63) is 47.3 Å². The number of aryl methyl sites for hydroxylation is 1. The number of pyridine rings is 1. The van der Waals surface area contributed by atoms with Gasteiger partial charge in [-0.15, -0.1) is 0 Å². The van der Waals surface area contributed by atoms with E-state index >= 15 is 0 Å². The van der Waals surface area contributed by atoms with Crippen molar-refractivity contribution in [1.29, 1.82) is 0 Å². The molecule has 2 aromatic rings. The molecule has 100 valence electrons. The number of ether oxygens (including phenoxy) is 1. The maximum atomic E-state index is 10.1. The van der Waals surface area contributed by atoms with Crippen molar-refractivity contribution in [3.8, 4) is 5.75 Å². The quantitative estimate of drug-likeness (QED) is 0.906. The lowest BCUT2D eigenvalue weighted by molar-refractivity contribution is 0.171. The van der Waals surface area contributed by atoms with Gasteiger partial charge in [0.05, 0.1) is 19.0 Å². The van der Waals surface area contributed by atoms with Crippen LogP contribution in [-0.4, -0.2) is 27.2 Å². The number of nitrogens with zero attached hydrogens (tertiary/aromatic N) is 3. The number of aliphatic hydroxyl groups is 1. The molecular weight excluding hydrogens is 242 g/mol. The second kappa shape index (κ2) is 5.75. The number of hydrogen-bond donors (Lipinski definition) is 1. The van der Waals surface area contributed by atoms with Crippen LogP contribution in [0.2, 0.25) is 0 Å². The van der Waals surface area contributed by atoms with E-state index in [2.05, 4.69) is 15.0 Å². The maximum absolute atomic E-state index is 10.1. The zero-order valence-electron chi connectivity index (χ0n) is 11.3. The Morgan fingerprint density at radius 3 is 2.63 bits per heavy atom. The first-order chi connectivity index (χ1) is 9.13. The molecule has 5 nitrogen and oxygen atoms in total. The minimum atomic E-state index is -0.715. The van der Waals surface area contributed by atoms with E-state index in [4.69, 9.17) is 4.74 Å². The molecule has 1 atom stereocenters. The summed E-state index contributed by atoms with van der Waals surface area (Å²) in [4.78, 5) is 12.4. The fourth-order valence-corrected chi connectivity index (χ4v) is 2.05. The van der Waals surface area contributed by atoms with Crippen molar-refractivity contribution < 1.29 is 9.84 Å². The molecule has 2 heterocycles. The third-order valence-corrected chi connectivity index (χ3v) is 3.06. The van der Waals surface area contributed by atoms with Crippen LogP contribution in [0.3, 0.4) is 0 Å². The van der Waals surface area contributed by atoms with Gasteiger partial charge in [-0.1, -0.05) is 0 Å². The van der Waals surface area contributed by atoms with Gasteiger partial charge in [0, 0.05) is 41.8 Å². The van der Waals surface area contributed by atoms with Crippen LogP contribution in [0.4, 0.5) is 0 Å². The summed E-state index contributed by atoms with van der Waals surface area (Å²) >= 11 is 0. The smallest absolute Gasteiger partial charge is 0.128 e. The third kappa shape index (κ3) is 2.88. The van der Waals surface area contributed by atoms with Gasteiger partial charge in [0.15, 0.2) is 0 Å². The van der Waals surface area contributed by atoms with E-state index in [0.29, 0.717) is 12.1 Å². The standard InChI is InChI=1S/C14H17N3O2/c1-9-7-17-11(10(2)14(9)19-3)6-13(18)12-8-15-4-5-16-12/h4-5,7-8,13,18H,6H2,1-3H3. The number of aromatic nitrogens is 3. The Morgan fingerprint density at radius 1 is 1.21 bits per heavy atom. The van der Waals surface area contributed by atoms with Crippen LogP contribution in [-0.2, 0) is 6.42 Å². The Kier molecular flexibility index (Phi) is 4.06. The summed E-state index contributed by atoms with van der Waals surface area (Å²) in [6, 6.07) is 0. The second-order valence-electron chi connectivity index (χ2n) is 4.40. The summed E-state index contributed by atoms with van der Waals surface area (Å²) in [6.07, 6.45) is 6.13. The Balaban J connectivity index is 2.25. The van der Waals surface area contributed by atoms with Gasteiger partial charge in [-0.2, -0.15) is 0 Å². The topological polar surface area (TPSA) is 68.1 Å². The van der Waals surface area contributed by atoms with E-state index in [1.54, 1.807) is 31.9 Å². The SMILES string of the molecule is COc1c(C)cnc(CC(O)c2cnccn2)c1C. The molecule has 0 radical (unpaired) electrons. The highest BCUT2D eigenvalue weighted by molar-refractivity contribution is 5.41. The van der Waals surface area contributed by atoms with Crippen molar-refractivity contribution in [2.45, 2.75) is 26.4 Å². The largest absolute Gasteiger partial charge is 0.496 e. The average molecular weight is 259 g/mol. The molecular formula is C14H17N3O2. The monoisotopic (exact) mass is 259 g/mol. The van der Waals surface area contributed by atoms with Gasteiger partial charge in [-0.3, -0.25) is 15.0 Å². The Hall–Kier alpha value is -2.01. The van der Waals surface area contributed by atoms with Crippen LogP contribution in [0.15, 0.2) is 24.8 Å². The molecule has 0 fully saturated rings. The molecule has 0 amide bonds. The van der Waals surface area contributed by atoms with Crippen molar-refractivity contribution in [2.75, 3.05) is 7.11 Å². The van der Waals surface area contributed by atoms with E-state index in [1.807, 2.05) is 13.8 Å². The van der Waals surface area contributed by atoms with Gasteiger partial charge < -0.3 is 9.84 Å². The minimum Gasteiger partial charge on any atom is -0.496 e. The molecule has 0 saturated heterocycles. The summed E-state index contributed by atoms with van der Waals surface area (Å²) in [5, 5.41) is 10.1. The zero-order valence-corrected chi connectivity index (χ0v) is 11.3. The van der Waals surface area contributed by atoms with E-state index < -0.39 is 6.10 Å². The maximum Gasteiger partial charge on any atom is 0.128 e. The first-order valence-corrected chi connectivity index (χ1v) is 6.06.